The number of aliphatic hydroxyl groups excluding tert-OH is 2. The van der Waals surface area contributed by atoms with Crippen molar-refractivity contribution >= 4 is 46.3 Å². The van der Waals surface area contributed by atoms with Gasteiger partial charge < -0.3 is 20.4 Å². The number of hydrogen-bond donors (Lipinski definition) is 4. The van der Waals surface area contributed by atoms with Crippen molar-refractivity contribution in [2.24, 2.45) is 126 Å². The largest absolute Gasteiger partial charge is 0.389 e. The minimum absolute atomic E-state index is 0.0446. The van der Waals surface area contributed by atoms with Crippen LogP contribution in [-0.2, 0) is 38.4 Å². The van der Waals surface area contributed by atoms with Crippen LogP contribution in [0.2, 0.25) is 0 Å². The molecule has 0 radical (unpaired) electrons. The molecular weight excluding hydrogens is 1200 g/mol. The van der Waals surface area contributed by atoms with Crippen molar-refractivity contribution in [1.82, 2.24) is 0 Å². The van der Waals surface area contributed by atoms with Crippen LogP contribution in [0.25, 0.3) is 0 Å². The molecule has 0 aromatic heterocycles. The molecule has 16 rings (SSSR count). The Morgan fingerprint density at radius 1 is 0.354 bits per heavy atom. The Morgan fingerprint density at radius 3 is 1.01 bits per heavy atom. The van der Waals surface area contributed by atoms with E-state index in [1.54, 1.807) is 13.8 Å². The summed E-state index contributed by atoms with van der Waals surface area (Å²) >= 11 is 0. The summed E-state index contributed by atoms with van der Waals surface area (Å²) in [6.45, 7) is 21.0. The molecule has 0 saturated heterocycles. The fourth-order valence-electron chi connectivity index (χ4n) is 28.7. The van der Waals surface area contributed by atoms with Gasteiger partial charge in [-0.3, -0.25) is 38.4 Å². The van der Waals surface area contributed by atoms with Gasteiger partial charge in [-0.25, -0.2) is 0 Å². The summed E-state index contributed by atoms with van der Waals surface area (Å²) in [6.07, 6.45) is 39.3. The summed E-state index contributed by atoms with van der Waals surface area (Å²) in [6, 6.07) is 0. The number of rotatable bonds is 6. The molecule has 0 heterocycles. The van der Waals surface area contributed by atoms with Gasteiger partial charge in [0, 0.05) is 48.3 Å². The minimum atomic E-state index is -1.36. The van der Waals surface area contributed by atoms with Crippen molar-refractivity contribution in [3.8, 4) is 0 Å². The van der Waals surface area contributed by atoms with Gasteiger partial charge in [-0.2, -0.15) is 0 Å². The highest BCUT2D eigenvalue weighted by Crippen LogP contribution is 2.72. The lowest BCUT2D eigenvalue weighted by molar-refractivity contribution is -0.164. The van der Waals surface area contributed by atoms with Crippen molar-refractivity contribution in [3.63, 3.8) is 0 Å². The van der Waals surface area contributed by atoms with Gasteiger partial charge in [0.05, 0.1) is 0 Å². The fraction of sp³-hybridized carbons (Fsp3) is 0.810. The number of aliphatic hydroxyl groups is 4. The highest BCUT2D eigenvalue weighted by atomic mass is 16.3. The number of Topliss-reactive ketones (excluding diaryl/α,β-unsaturated/α-hetero) is 4. The number of fused-ring (bicyclic) bond motifs is 20. The van der Waals surface area contributed by atoms with E-state index in [2.05, 4.69) is 55.4 Å². The number of hydrogen-bond acceptors (Lipinski definition) is 12. The van der Waals surface area contributed by atoms with Crippen LogP contribution in [0.5, 0.6) is 0 Å². The Balaban J connectivity index is 0.000000116. The third-order valence-electron chi connectivity index (χ3n) is 34.4. The molecule has 0 aliphatic heterocycles. The Hall–Kier alpha value is -3.84. The molecule has 12 heteroatoms. The van der Waals surface area contributed by atoms with Crippen molar-refractivity contribution < 1.29 is 58.8 Å². The van der Waals surface area contributed by atoms with Crippen LogP contribution in [0.3, 0.4) is 0 Å². The van der Waals surface area contributed by atoms with Crippen molar-refractivity contribution in [2.45, 2.75) is 286 Å². The Labute approximate surface area is 574 Å². The molecule has 12 saturated carbocycles. The van der Waals surface area contributed by atoms with Crippen LogP contribution < -0.4 is 0 Å². The quantitative estimate of drug-likeness (QED) is 0.195. The third kappa shape index (κ3) is 10.6. The summed E-state index contributed by atoms with van der Waals surface area (Å²) in [4.78, 5) is 96.4. The van der Waals surface area contributed by atoms with Crippen LogP contribution in [0, 0.1) is 126 Å². The Morgan fingerprint density at radius 2 is 0.667 bits per heavy atom. The zero-order valence-corrected chi connectivity index (χ0v) is 60.5. The SMILES string of the molecule is CC(=O)[C@@]1(O)CC[C@H]2[C@@H]3CCC4=CC(=O)CC[C@]4(C)[C@H]3CC[C@@]21C.CC(=O)[C@H]1CC[C@H]2[C@@H]3CCC4=CC(=O)CC[C@]4(C)[C@H]3CC[C@]12C.C[C@]12CCC(=O)C=C1CC[C@@H]1[C@@H]2CC[C@@]2(C)[C@H]1CC[C@]2(O)C(=O)CO.C[C@]12CC[C@H]3[C@@H](CCC4=CC(=O)CC[C@@]43C)[C@@H]1CC[C@@H]2C(=O)CO. The van der Waals surface area contributed by atoms with Crippen molar-refractivity contribution in [1.29, 1.82) is 0 Å². The second-order valence-corrected chi connectivity index (χ2v) is 37.3. The van der Waals surface area contributed by atoms with Crippen molar-refractivity contribution in [2.75, 3.05) is 13.2 Å². The van der Waals surface area contributed by atoms with Crippen molar-refractivity contribution in [3.05, 3.63) is 46.6 Å². The first kappa shape index (κ1) is 70.6. The van der Waals surface area contributed by atoms with Crippen LogP contribution in [0.1, 0.15) is 275 Å². The molecule has 96 heavy (non-hydrogen) atoms. The Kier molecular flexibility index (Phi) is 18.4. The molecular formula is C84H120O12. The number of allylic oxidation sites excluding steroid dienone is 4. The predicted molar refractivity (Wildman–Crippen MR) is 369 cm³/mol. The fourth-order valence-corrected chi connectivity index (χ4v) is 28.7. The molecule has 12 fully saturated rings. The molecule has 528 valence electrons. The lowest BCUT2D eigenvalue weighted by Crippen LogP contribution is -2.58. The van der Waals surface area contributed by atoms with E-state index in [1.165, 1.54) is 60.8 Å². The highest BCUT2D eigenvalue weighted by molar-refractivity contribution is 5.94. The molecule has 0 aromatic rings. The van der Waals surface area contributed by atoms with Crippen LogP contribution >= 0.6 is 0 Å². The lowest BCUT2D eigenvalue weighted by atomic mass is 9.46. The van der Waals surface area contributed by atoms with E-state index in [-0.39, 0.29) is 67.8 Å². The zero-order valence-electron chi connectivity index (χ0n) is 60.5. The zero-order chi connectivity index (χ0) is 68.9. The topological polar surface area (TPSA) is 217 Å². The molecule has 0 unspecified atom stereocenters. The first-order valence-electron chi connectivity index (χ1n) is 38.9. The predicted octanol–water partition coefficient (Wildman–Crippen LogP) is 15.1. The maximum absolute atomic E-state index is 12.3. The number of carbonyl (C=O) groups excluding carboxylic acids is 8. The summed E-state index contributed by atoms with van der Waals surface area (Å²) in [7, 11) is 0. The summed E-state index contributed by atoms with van der Waals surface area (Å²) in [5.41, 5.74) is 3.47. The summed E-state index contributed by atoms with van der Waals surface area (Å²) < 4.78 is 0. The van der Waals surface area contributed by atoms with E-state index in [0.29, 0.717) is 114 Å². The minimum Gasteiger partial charge on any atom is -0.389 e. The average Bonchev–Trinajstić information content (AvgIpc) is 1.44. The van der Waals surface area contributed by atoms with E-state index in [9.17, 15) is 58.8 Å². The first-order chi connectivity index (χ1) is 45.2. The van der Waals surface area contributed by atoms with Gasteiger partial charge in [-0.1, -0.05) is 77.7 Å². The van der Waals surface area contributed by atoms with E-state index in [4.69, 9.17) is 0 Å². The van der Waals surface area contributed by atoms with E-state index in [0.717, 1.165) is 153 Å². The molecule has 16 aliphatic rings. The standard InChI is InChI=1S/C21H30O4.2C21H30O3.C21H30O2/c1-19-8-5-14(23)11-13(19)3-4-15-16(19)6-9-20(2)17(15)7-10-21(20,25)18(24)12-22;1-13(22)21(24)11-8-18-16-5-4-14-12-15(23)6-9-19(14,2)17(16)7-10-20(18,21)3;1-20-9-7-14(23)11-13(20)3-4-15-16-5-6-18(19(24)12-22)21(16,2)10-8-17(15)20;1-13(22)17-6-7-18-16-5-4-14-12-15(23)8-10-20(14,2)19(16)9-11-21(17,18)3/h11,15-17,22,25H,3-10,12H2,1-2H3;12,16-18,24H,4-11H2,1-3H3;11,15-18,22H,3-10,12H2,1-2H3;12,16-19H,4-11H2,1-3H3/t15-,16+,17+,19+,20+,21+;16-,17+,18+,19+,20+,21+;15-,16-,17-,18+,20-,21-;16-,17+,18-,19-,20-,21+/m1100/s1. The lowest BCUT2D eigenvalue weighted by Gasteiger charge is -2.58. The molecule has 4 N–H and O–H groups in total. The van der Waals surface area contributed by atoms with Gasteiger partial charge in [0.1, 0.15) is 30.2 Å². The second-order valence-electron chi connectivity index (χ2n) is 37.3. The average molecular weight is 1320 g/mol. The molecule has 0 spiro atoms. The first-order valence-corrected chi connectivity index (χ1v) is 38.9. The van der Waals surface area contributed by atoms with Crippen LogP contribution in [-0.4, -0.2) is 91.1 Å². The Bertz CT molecular complexity index is 3340. The molecule has 24 atom stereocenters. The van der Waals surface area contributed by atoms with Gasteiger partial charge in [0.25, 0.3) is 0 Å². The molecule has 0 bridgehead atoms. The van der Waals surface area contributed by atoms with Gasteiger partial charge in [0.15, 0.2) is 40.5 Å². The van der Waals surface area contributed by atoms with Gasteiger partial charge in [-0.15, -0.1) is 0 Å². The van der Waals surface area contributed by atoms with Gasteiger partial charge >= 0.3 is 0 Å². The number of ketones is 8. The monoisotopic (exact) mass is 1320 g/mol. The van der Waals surface area contributed by atoms with E-state index < -0.39 is 29.0 Å². The molecule has 16 aliphatic carbocycles. The van der Waals surface area contributed by atoms with Crippen LogP contribution in [0.15, 0.2) is 46.6 Å². The number of carbonyl (C=O) groups is 8. The molecule has 12 nitrogen and oxygen atoms in total. The molecule has 0 aromatic carbocycles. The van der Waals surface area contributed by atoms with Gasteiger partial charge in [-0.05, 0) is 321 Å². The maximum atomic E-state index is 12.3. The highest BCUT2D eigenvalue weighted by Gasteiger charge is 2.69. The third-order valence-corrected chi connectivity index (χ3v) is 34.4. The summed E-state index contributed by atoms with van der Waals surface area (Å²) in [5.74, 6) is 8.87. The van der Waals surface area contributed by atoms with E-state index in [1.807, 2.05) is 24.3 Å². The van der Waals surface area contributed by atoms with Gasteiger partial charge in [0.2, 0.25) is 0 Å². The smallest absolute Gasteiger partial charge is 0.190 e. The maximum Gasteiger partial charge on any atom is 0.190 e. The normalized spacial score (nSPS) is 49.0. The van der Waals surface area contributed by atoms with E-state index >= 15 is 0 Å². The van der Waals surface area contributed by atoms with Crippen LogP contribution in [0.4, 0.5) is 0 Å². The summed E-state index contributed by atoms with van der Waals surface area (Å²) in [5, 5.41) is 41.0. The second kappa shape index (κ2) is 25.0. The molecule has 0 amide bonds.